The molecule has 0 saturated heterocycles. The summed E-state index contributed by atoms with van der Waals surface area (Å²) in [6.45, 7) is 0. The van der Waals surface area contributed by atoms with Gasteiger partial charge in [-0.2, -0.15) is 0 Å². The molecule has 0 bridgehead atoms. The van der Waals surface area contributed by atoms with Crippen LogP contribution in [-0.2, 0) is 0 Å². The molecule has 0 fully saturated rings. The van der Waals surface area contributed by atoms with Crippen molar-refractivity contribution in [3.05, 3.63) is 352 Å². The summed E-state index contributed by atoms with van der Waals surface area (Å²) in [6, 6.07) is 115. The van der Waals surface area contributed by atoms with E-state index < -0.39 is 0 Å². The fraction of sp³-hybridized carbons (Fsp3) is 0. The van der Waals surface area contributed by atoms with Crippen LogP contribution >= 0.6 is 0 Å². The van der Waals surface area contributed by atoms with E-state index in [1.54, 1.807) is 12.4 Å². The van der Waals surface area contributed by atoms with Gasteiger partial charge in [0.05, 0.1) is 34.2 Å². The predicted octanol–water partition coefficient (Wildman–Crippen LogP) is 22.5. The van der Waals surface area contributed by atoms with Gasteiger partial charge in [-0.05, 0) is 169 Å². The van der Waals surface area contributed by atoms with Crippen LogP contribution in [0.4, 0.5) is 34.1 Å². The highest BCUT2D eigenvalue weighted by atomic mass is 15.1. The highest BCUT2D eigenvalue weighted by Crippen LogP contribution is 2.46. The van der Waals surface area contributed by atoms with E-state index in [2.05, 4.69) is 311 Å². The first-order valence-electron chi connectivity index (χ1n) is 30.3. The average Bonchev–Trinajstić information content (AvgIpc) is 1.03. The van der Waals surface area contributed by atoms with E-state index in [9.17, 15) is 0 Å². The first-order valence-corrected chi connectivity index (χ1v) is 30.3. The Balaban J connectivity index is 0.000000150. The first-order chi connectivity index (χ1) is 44.7. The third-order valence-electron chi connectivity index (χ3n) is 16.7. The van der Waals surface area contributed by atoms with Crippen LogP contribution in [0.25, 0.3) is 110 Å². The van der Waals surface area contributed by atoms with E-state index in [0.717, 1.165) is 79.2 Å². The van der Waals surface area contributed by atoms with Crippen molar-refractivity contribution in [3.63, 3.8) is 0 Å². The van der Waals surface area contributed by atoms with Crippen molar-refractivity contribution in [1.29, 1.82) is 0 Å². The molecule has 0 spiro atoms. The van der Waals surface area contributed by atoms with Crippen LogP contribution < -0.4 is 9.80 Å². The molecule has 6 heteroatoms. The van der Waals surface area contributed by atoms with Crippen LogP contribution in [0.2, 0.25) is 0 Å². The summed E-state index contributed by atoms with van der Waals surface area (Å²) in [6.07, 6.45) is 7.54. The Labute approximate surface area is 523 Å². The molecule has 16 aromatic rings. The Bertz CT molecular complexity index is 4950. The largest absolute Gasteiger partial charge is 0.310 e. The van der Waals surface area contributed by atoms with Gasteiger partial charge in [-0.15, -0.1) is 0 Å². The summed E-state index contributed by atoms with van der Waals surface area (Å²) in [5.41, 5.74) is 19.4. The number of benzene rings is 12. The number of hydrogen-bond acceptors (Lipinski definition) is 6. The minimum Gasteiger partial charge on any atom is -0.310 e. The molecule has 4 aromatic heterocycles. The average molecular weight is 1150 g/mol. The molecule has 0 amide bonds. The zero-order chi connectivity index (χ0) is 60.0. The van der Waals surface area contributed by atoms with Gasteiger partial charge in [-0.25, -0.2) is 0 Å². The maximum atomic E-state index is 4.86. The van der Waals surface area contributed by atoms with Crippen LogP contribution in [0.5, 0.6) is 0 Å². The molecule has 0 saturated carbocycles. The van der Waals surface area contributed by atoms with Gasteiger partial charge >= 0.3 is 0 Å². The Kier molecular flexibility index (Phi) is 15.0. The van der Waals surface area contributed by atoms with Gasteiger partial charge in [-0.3, -0.25) is 19.9 Å². The van der Waals surface area contributed by atoms with E-state index in [1.165, 1.54) is 65.3 Å². The molecule has 0 radical (unpaired) electrons. The van der Waals surface area contributed by atoms with Crippen LogP contribution in [0.1, 0.15) is 0 Å². The van der Waals surface area contributed by atoms with Crippen molar-refractivity contribution < 1.29 is 0 Å². The van der Waals surface area contributed by atoms with Crippen LogP contribution in [-0.4, -0.2) is 19.9 Å². The standard InChI is InChI=1S/C44H32N2.C40H26N4/c1-3-17-37(18-4-1)45(43-23-11-15-35-13-7-9-21-41(35)43)39-29-25-33(26-30-39)34-27-31-40(32-28-34)46(38-19-5-2-6-20-38)44-24-12-16-36-14-8-10-22-42(36)44;1-2-10-27(11-3-1)28-16-19-33-34(24-28)40(30-18-21-38(44-26-30)36-15-7-9-23-42-36)32-13-5-4-12-31(32)39(33)29-17-20-37(43-25-29)35-14-6-8-22-41-35/h1-32H;1-26H. The molecule has 0 aliphatic rings. The van der Waals surface area contributed by atoms with Crippen LogP contribution in [0.3, 0.4) is 0 Å². The minimum absolute atomic E-state index is 0.851. The van der Waals surface area contributed by atoms with Crippen LogP contribution in [0.15, 0.2) is 352 Å². The molecule has 0 aliphatic carbocycles. The zero-order valence-corrected chi connectivity index (χ0v) is 49.2. The number of para-hydroxylation sites is 2. The van der Waals surface area contributed by atoms with E-state index >= 15 is 0 Å². The van der Waals surface area contributed by atoms with E-state index in [1.807, 2.05) is 48.8 Å². The molecule has 12 aromatic carbocycles. The fourth-order valence-corrected chi connectivity index (χ4v) is 12.4. The number of pyridine rings is 4. The summed E-state index contributed by atoms with van der Waals surface area (Å²) in [7, 11) is 0. The fourth-order valence-electron chi connectivity index (χ4n) is 12.4. The Morgan fingerprint density at radius 2 is 0.544 bits per heavy atom. The molecular formula is C84H58N6. The number of rotatable bonds is 12. The molecule has 6 nitrogen and oxygen atoms in total. The quantitative estimate of drug-likeness (QED) is 0.114. The second-order valence-corrected chi connectivity index (χ2v) is 22.1. The lowest BCUT2D eigenvalue weighted by Crippen LogP contribution is -2.10. The van der Waals surface area contributed by atoms with Gasteiger partial charge in [0.15, 0.2) is 0 Å². The summed E-state index contributed by atoms with van der Waals surface area (Å²) in [4.78, 5) is 23.4. The first kappa shape index (κ1) is 54.5. The lowest BCUT2D eigenvalue weighted by Gasteiger charge is -2.27. The minimum atomic E-state index is 0.851. The highest BCUT2D eigenvalue weighted by molar-refractivity contribution is 6.22. The highest BCUT2D eigenvalue weighted by Gasteiger charge is 2.21. The monoisotopic (exact) mass is 1150 g/mol. The topological polar surface area (TPSA) is 58.0 Å². The zero-order valence-electron chi connectivity index (χ0n) is 49.2. The van der Waals surface area contributed by atoms with Gasteiger partial charge in [0, 0.05) is 69.4 Å². The third kappa shape index (κ3) is 10.9. The predicted molar refractivity (Wildman–Crippen MR) is 376 cm³/mol. The maximum absolute atomic E-state index is 4.86. The molecule has 90 heavy (non-hydrogen) atoms. The van der Waals surface area contributed by atoms with Gasteiger partial charge in [0.1, 0.15) is 0 Å². The van der Waals surface area contributed by atoms with Crippen molar-refractivity contribution in [2.75, 3.05) is 9.80 Å². The second kappa shape index (κ2) is 24.7. The Morgan fingerprint density at radius 1 is 0.200 bits per heavy atom. The molecule has 4 heterocycles. The Morgan fingerprint density at radius 3 is 0.989 bits per heavy atom. The van der Waals surface area contributed by atoms with Gasteiger partial charge in [-0.1, -0.05) is 224 Å². The molecular weight excluding hydrogens is 1090 g/mol. The van der Waals surface area contributed by atoms with E-state index in [0.29, 0.717) is 0 Å². The molecule has 424 valence electrons. The van der Waals surface area contributed by atoms with Gasteiger partial charge in [0.25, 0.3) is 0 Å². The SMILES string of the molecule is c1ccc(-c2ccc3c(-c4ccc(-c5ccccn5)nc4)c4ccccc4c(-c4ccc(-c5ccccn5)nc4)c3c2)cc1.c1ccc(N(c2ccc(-c3ccc(N(c4ccccc4)c4cccc5ccccc45)cc3)cc2)c2cccc3ccccc23)cc1. The lowest BCUT2D eigenvalue weighted by molar-refractivity contribution is 1.25. The number of nitrogens with zero attached hydrogens (tertiary/aromatic N) is 6. The third-order valence-corrected chi connectivity index (χ3v) is 16.7. The maximum Gasteiger partial charge on any atom is 0.0886 e. The van der Waals surface area contributed by atoms with Gasteiger partial charge < -0.3 is 9.80 Å². The lowest BCUT2D eigenvalue weighted by atomic mass is 9.85. The van der Waals surface area contributed by atoms with Crippen molar-refractivity contribution in [2.45, 2.75) is 0 Å². The number of anilines is 6. The second-order valence-electron chi connectivity index (χ2n) is 22.1. The van der Waals surface area contributed by atoms with Crippen molar-refractivity contribution in [3.8, 4) is 67.3 Å². The molecule has 0 aliphatic heterocycles. The normalized spacial score (nSPS) is 11.1. The summed E-state index contributed by atoms with van der Waals surface area (Å²) < 4.78 is 0. The van der Waals surface area contributed by atoms with E-state index in [-0.39, 0.29) is 0 Å². The molecule has 0 atom stereocenters. The van der Waals surface area contributed by atoms with Crippen LogP contribution in [0, 0.1) is 0 Å². The Hall–Kier alpha value is -12.1. The smallest absolute Gasteiger partial charge is 0.0886 e. The molecule has 16 rings (SSSR count). The number of fused-ring (bicyclic) bond motifs is 4. The summed E-state index contributed by atoms with van der Waals surface area (Å²) in [5, 5.41) is 9.58. The summed E-state index contributed by atoms with van der Waals surface area (Å²) >= 11 is 0. The van der Waals surface area contributed by atoms with Crippen molar-refractivity contribution >= 4 is 77.2 Å². The number of hydrogen-bond donors (Lipinski definition) is 0. The van der Waals surface area contributed by atoms with Gasteiger partial charge in [0.2, 0.25) is 0 Å². The van der Waals surface area contributed by atoms with E-state index in [4.69, 9.17) is 9.97 Å². The molecule has 0 unspecified atom stereocenters. The molecule has 0 N–H and O–H groups in total. The van der Waals surface area contributed by atoms with Crippen molar-refractivity contribution in [1.82, 2.24) is 19.9 Å². The number of aromatic nitrogens is 4. The van der Waals surface area contributed by atoms with Crippen molar-refractivity contribution in [2.24, 2.45) is 0 Å². The summed E-state index contributed by atoms with van der Waals surface area (Å²) in [5.74, 6) is 0.